The van der Waals surface area contributed by atoms with Gasteiger partial charge in [0.2, 0.25) is 0 Å². The Morgan fingerprint density at radius 3 is 2.30 bits per heavy atom. The molecule has 23 heavy (non-hydrogen) atoms. The van der Waals surface area contributed by atoms with Gasteiger partial charge in [-0.05, 0) is 0 Å². The van der Waals surface area contributed by atoms with E-state index in [-0.39, 0.29) is 30.2 Å². The van der Waals surface area contributed by atoms with Crippen LogP contribution in [0.4, 0.5) is 0 Å². The maximum absolute atomic E-state index is 6.30. The van der Waals surface area contributed by atoms with Gasteiger partial charge in [-0.2, -0.15) is 0 Å². The number of allylic oxidation sites excluding steroid dienone is 4. The van der Waals surface area contributed by atoms with Crippen molar-refractivity contribution in [2.45, 2.75) is 52.9 Å². The Hall–Kier alpha value is -0.336. The minimum absolute atomic E-state index is 0. The van der Waals surface area contributed by atoms with Crippen molar-refractivity contribution in [2.24, 2.45) is 0 Å². The van der Waals surface area contributed by atoms with Crippen LogP contribution in [0.25, 0.3) is 0 Å². The summed E-state index contributed by atoms with van der Waals surface area (Å²) >= 11 is -1.87. The van der Waals surface area contributed by atoms with E-state index in [9.17, 15) is 0 Å². The number of hydrogen-bond donors (Lipinski definition) is 0. The summed E-state index contributed by atoms with van der Waals surface area (Å²) in [4.78, 5) is 4.36. The van der Waals surface area contributed by atoms with Crippen molar-refractivity contribution in [3.63, 3.8) is 0 Å². The molecule has 0 unspecified atom stereocenters. The third-order valence-corrected chi connectivity index (χ3v) is 6.72. The van der Waals surface area contributed by atoms with E-state index in [4.69, 9.17) is 3.32 Å². The van der Waals surface area contributed by atoms with Crippen LogP contribution in [-0.4, -0.2) is 4.82 Å². The van der Waals surface area contributed by atoms with E-state index < -0.39 is 17.8 Å². The summed E-state index contributed by atoms with van der Waals surface area (Å²) in [6.07, 6.45) is 6.48. The molecule has 0 N–H and O–H groups in total. The van der Waals surface area contributed by atoms with Crippen LogP contribution >= 0.6 is 24.8 Å². The van der Waals surface area contributed by atoms with Crippen molar-refractivity contribution in [3.8, 4) is 5.75 Å². The Bertz CT molecular complexity index is 625. The fraction of sp³-hybridized carbons (Fsp3) is 0.421. The molecular weight excluding hydrogens is 363 g/mol. The molecule has 0 bridgehead atoms. The van der Waals surface area contributed by atoms with Crippen LogP contribution in [0.2, 0.25) is 0 Å². The first-order valence-electron chi connectivity index (χ1n) is 7.69. The number of rotatable bonds is 4. The van der Waals surface area contributed by atoms with Crippen molar-refractivity contribution in [1.29, 1.82) is 0 Å². The zero-order valence-corrected chi connectivity index (χ0v) is 17.9. The van der Waals surface area contributed by atoms with Gasteiger partial charge < -0.3 is 0 Å². The van der Waals surface area contributed by atoms with Crippen LogP contribution in [0.3, 0.4) is 0 Å². The average molecular weight is 391 g/mol. The average Bonchev–Trinajstić information content (AvgIpc) is 2.83. The van der Waals surface area contributed by atoms with Crippen LogP contribution in [0.1, 0.15) is 52.2 Å². The number of halogens is 2. The van der Waals surface area contributed by atoms with Crippen LogP contribution in [-0.2, 0) is 29.6 Å². The van der Waals surface area contributed by atoms with E-state index in [1.165, 1.54) is 20.6 Å². The Morgan fingerprint density at radius 2 is 1.83 bits per heavy atom. The molecule has 0 saturated heterocycles. The van der Waals surface area contributed by atoms with E-state index in [2.05, 4.69) is 69.8 Å². The molecule has 0 radical (unpaired) electrons. The predicted molar refractivity (Wildman–Crippen MR) is 103 cm³/mol. The second kappa shape index (κ2) is 9.23. The number of benzene rings is 1. The maximum atomic E-state index is 6.30. The second-order valence-electron chi connectivity index (χ2n) is 6.76. The Kier molecular flexibility index (Phi) is 9.09. The monoisotopic (exact) mass is 390 g/mol. The van der Waals surface area contributed by atoms with Gasteiger partial charge in [-0.25, -0.2) is 0 Å². The Morgan fingerprint density at radius 1 is 1.17 bits per heavy atom. The van der Waals surface area contributed by atoms with E-state index >= 15 is 0 Å². The fourth-order valence-corrected chi connectivity index (χ4v) is 4.69. The zero-order chi connectivity index (χ0) is 15.6. The summed E-state index contributed by atoms with van der Waals surface area (Å²) in [5, 5.41) is 0. The molecule has 0 saturated carbocycles. The molecule has 0 spiro atoms. The van der Waals surface area contributed by atoms with Gasteiger partial charge in [0.25, 0.3) is 0 Å². The molecule has 0 heterocycles. The normalized spacial score (nSPS) is 13.4. The van der Waals surface area contributed by atoms with Gasteiger partial charge in [-0.1, -0.05) is 0 Å². The first-order chi connectivity index (χ1) is 9.81. The predicted octanol–water partition coefficient (Wildman–Crippen LogP) is 5.97. The van der Waals surface area contributed by atoms with Crippen LogP contribution in [0.15, 0.2) is 39.8 Å². The van der Waals surface area contributed by atoms with E-state index in [0.717, 1.165) is 18.6 Å². The summed E-state index contributed by atoms with van der Waals surface area (Å²) in [6.45, 7) is 11.1. The molecule has 1 aromatic carbocycles. The van der Waals surface area contributed by atoms with Gasteiger partial charge in [0.15, 0.2) is 0 Å². The molecule has 128 valence electrons. The van der Waals surface area contributed by atoms with Gasteiger partial charge in [-0.3, -0.25) is 0 Å². The topological polar surface area (TPSA) is 9.23 Å². The van der Waals surface area contributed by atoms with E-state index in [1.807, 2.05) is 0 Å². The minimum atomic E-state index is -1.87. The SMILES string of the molecule is Cl.Cl.[CH2]=[Ti]([O]c1cc(CC)cc(C(C)(C)C)c1)[C]1=C(C)C=CC1. The van der Waals surface area contributed by atoms with Crippen LogP contribution in [0, 0.1) is 0 Å². The molecule has 1 aliphatic carbocycles. The molecule has 1 aliphatic rings. The van der Waals surface area contributed by atoms with Crippen LogP contribution in [0.5, 0.6) is 5.75 Å². The summed E-state index contributed by atoms with van der Waals surface area (Å²) < 4.78 is 7.76. The molecule has 1 aromatic rings. The molecular formula is C19H28Cl2OTi. The molecule has 4 heteroatoms. The van der Waals surface area contributed by atoms with Gasteiger partial charge in [0.1, 0.15) is 0 Å². The molecule has 2 rings (SSSR count). The Balaban J connectivity index is 0.00000242. The van der Waals surface area contributed by atoms with Gasteiger partial charge in [0, 0.05) is 0 Å². The van der Waals surface area contributed by atoms with Crippen LogP contribution < -0.4 is 3.32 Å². The van der Waals surface area contributed by atoms with Crippen molar-refractivity contribution in [1.82, 2.24) is 0 Å². The summed E-state index contributed by atoms with van der Waals surface area (Å²) in [5.74, 6) is 1.01. The quantitative estimate of drug-likeness (QED) is 0.575. The zero-order valence-electron chi connectivity index (χ0n) is 14.7. The molecule has 0 amide bonds. The van der Waals surface area contributed by atoms with Crippen molar-refractivity contribution in [2.75, 3.05) is 0 Å². The summed E-state index contributed by atoms with van der Waals surface area (Å²) in [6, 6.07) is 6.69. The molecule has 0 fully saturated rings. The van der Waals surface area contributed by atoms with Crippen molar-refractivity contribution < 1.29 is 21.1 Å². The third-order valence-electron chi connectivity index (χ3n) is 3.98. The number of aryl methyl sites for hydroxylation is 1. The van der Waals surface area contributed by atoms with Gasteiger partial charge >= 0.3 is 135 Å². The van der Waals surface area contributed by atoms with E-state index in [1.54, 1.807) is 0 Å². The van der Waals surface area contributed by atoms with Gasteiger partial charge in [0.05, 0.1) is 0 Å². The van der Waals surface area contributed by atoms with Crippen molar-refractivity contribution >= 4 is 29.6 Å². The molecule has 0 aromatic heterocycles. The van der Waals surface area contributed by atoms with Crippen molar-refractivity contribution in [3.05, 3.63) is 50.9 Å². The van der Waals surface area contributed by atoms with E-state index in [0.29, 0.717) is 0 Å². The second-order valence-corrected chi connectivity index (χ2v) is 9.35. The molecule has 0 atom stereocenters. The standard InChI is InChI=1S/C12H18O.C6H7.CH2.2ClH.Ti/c1-5-9-6-10(12(2,3)4)8-11(13)7-9;1-6-4-2-3-5-6;;;;/h6-8,13H,5H2,1-4H3;2,4H,3H2,1H3;1H2;2*1H;/q;;;;;+1/p-1. The third kappa shape index (κ3) is 5.91. The van der Waals surface area contributed by atoms with Gasteiger partial charge in [-0.15, -0.1) is 24.8 Å². The number of hydrogen-bond acceptors (Lipinski definition) is 1. The fourth-order valence-electron chi connectivity index (χ4n) is 2.51. The Labute approximate surface area is 159 Å². The first-order valence-corrected chi connectivity index (χ1v) is 10.2. The first kappa shape index (κ1) is 22.7. The summed E-state index contributed by atoms with van der Waals surface area (Å²) in [7, 11) is 0. The molecule has 0 aliphatic heterocycles. The summed E-state index contributed by atoms with van der Waals surface area (Å²) in [5.41, 5.74) is 4.20. The molecule has 1 nitrogen and oxygen atoms in total.